The summed E-state index contributed by atoms with van der Waals surface area (Å²) in [7, 11) is -1.63. The number of carbonyl (C=O) groups is 1. The highest BCUT2D eigenvalue weighted by atomic mass is 32.2. The number of carbonyl (C=O) groups excluding carboxylic acids is 1. The molecule has 3 N–H and O–H groups in total. The van der Waals surface area contributed by atoms with Crippen LogP contribution in [0.15, 0.2) is 29.2 Å². The van der Waals surface area contributed by atoms with Crippen molar-refractivity contribution in [1.82, 2.24) is 15.4 Å². The quantitative estimate of drug-likeness (QED) is 0.599. The molecule has 7 heteroatoms. The van der Waals surface area contributed by atoms with Gasteiger partial charge in [0.1, 0.15) is 0 Å². The minimum atomic E-state index is -3.45. The first kappa shape index (κ1) is 16.6. The maximum Gasteiger partial charge on any atom is 0.240 e. The molecule has 0 aliphatic heterocycles. The van der Waals surface area contributed by atoms with Crippen LogP contribution in [0.3, 0.4) is 0 Å². The maximum atomic E-state index is 12.0. The second-order valence-electron chi connectivity index (χ2n) is 4.41. The molecule has 0 aromatic heterocycles. The molecule has 1 amide bonds. The van der Waals surface area contributed by atoms with Crippen LogP contribution in [0.5, 0.6) is 0 Å². The lowest BCUT2D eigenvalue weighted by Gasteiger charge is -2.08. The van der Waals surface area contributed by atoms with E-state index in [4.69, 9.17) is 0 Å². The van der Waals surface area contributed by atoms with Crippen molar-refractivity contribution < 1.29 is 13.2 Å². The van der Waals surface area contributed by atoms with E-state index in [1.807, 2.05) is 7.05 Å². The summed E-state index contributed by atoms with van der Waals surface area (Å²) < 4.78 is 26.5. The first-order valence-corrected chi connectivity index (χ1v) is 7.91. The van der Waals surface area contributed by atoms with Crippen molar-refractivity contribution in [2.24, 2.45) is 0 Å². The Morgan fingerprint density at radius 2 is 1.80 bits per heavy atom. The number of amides is 1. The molecule has 20 heavy (non-hydrogen) atoms. The summed E-state index contributed by atoms with van der Waals surface area (Å²) in [4.78, 5) is 11.0. The van der Waals surface area contributed by atoms with Gasteiger partial charge in [0, 0.05) is 20.0 Å². The van der Waals surface area contributed by atoms with E-state index in [2.05, 4.69) is 15.4 Å². The molecule has 1 aromatic rings. The van der Waals surface area contributed by atoms with E-state index in [1.54, 1.807) is 12.1 Å². The molecule has 0 heterocycles. The molecule has 6 nitrogen and oxygen atoms in total. The summed E-state index contributed by atoms with van der Waals surface area (Å²) in [6, 6.07) is 6.46. The van der Waals surface area contributed by atoms with Crippen molar-refractivity contribution in [2.75, 3.05) is 20.1 Å². The van der Waals surface area contributed by atoms with E-state index in [-0.39, 0.29) is 10.8 Å². The number of nitrogens with one attached hydrogen (secondary N) is 3. The first-order chi connectivity index (χ1) is 9.45. The Bertz CT molecular complexity index is 526. The SMILES string of the molecule is CNCCCNS(=O)(=O)c1ccc(CNC(C)=O)cc1. The minimum absolute atomic E-state index is 0.118. The fourth-order valence-electron chi connectivity index (χ4n) is 1.57. The molecule has 0 atom stereocenters. The Morgan fingerprint density at radius 3 is 2.35 bits per heavy atom. The molecule has 0 saturated carbocycles. The van der Waals surface area contributed by atoms with Gasteiger partial charge in [0.25, 0.3) is 0 Å². The summed E-state index contributed by atoms with van der Waals surface area (Å²) in [5.74, 6) is -0.118. The van der Waals surface area contributed by atoms with E-state index in [0.717, 1.165) is 18.5 Å². The van der Waals surface area contributed by atoms with Crippen molar-refractivity contribution in [2.45, 2.75) is 24.8 Å². The van der Waals surface area contributed by atoms with Gasteiger partial charge in [-0.2, -0.15) is 0 Å². The zero-order valence-corrected chi connectivity index (χ0v) is 12.6. The minimum Gasteiger partial charge on any atom is -0.352 e. The molecule has 0 bridgehead atoms. The molecule has 1 rings (SSSR count). The molecule has 0 unspecified atom stereocenters. The molecule has 0 spiro atoms. The van der Waals surface area contributed by atoms with Crippen molar-refractivity contribution in [3.63, 3.8) is 0 Å². The molecular weight excluding hydrogens is 278 g/mol. The Balaban J connectivity index is 2.60. The Morgan fingerprint density at radius 1 is 1.15 bits per heavy atom. The van der Waals surface area contributed by atoms with Crippen LogP contribution >= 0.6 is 0 Å². The zero-order chi connectivity index (χ0) is 15.0. The molecule has 0 fully saturated rings. The van der Waals surface area contributed by atoms with Crippen LogP contribution in [0.2, 0.25) is 0 Å². The van der Waals surface area contributed by atoms with Gasteiger partial charge >= 0.3 is 0 Å². The van der Waals surface area contributed by atoms with Gasteiger partial charge in [-0.15, -0.1) is 0 Å². The predicted molar refractivity (Wildman–Crippen MR) is 77.7 cm³/mol. The average Bonchev–Trinajstić information content (AvgIpc) is 2.42. The fraction of sp³-hybridized carbons (Fsp3) is 0.462. The highest BCUT2D eigenvalue weighted by molar-refractivity contribution is 7.89. The number of benzene rings is 1. The van der Waals surface area contributed by atoms with Gasteiger partial charge in [-0.3, -0.25) is 4.79 Å². The predicted octanol–water partition coefficient (Wildman–Crippen LogP) is 0.211. The number of hydrogen-bond donors (Lipinski definition) is 3. The Hall–Kier alpha value is -1.44. The monoisotopic (exact) mass is 299 g/mol. The van der Waals surface area contributed by atoms with Gasteiger partial charge in [-0.25, -0.2) is 13.1 Å². The van der Waals surface area contributed by atoms with Crippen LogP contribution in [-0.4, -0.2) is 34.5 Å². The van der Waals surface area contributed by atoms with Gasteiger partial charge in [0.15, 0.2) is 0 Å². The van der Waals surface area contributed by atoms with E-state index in [0.29, 0.717) is 13.1 Å². The van der Waals surface area contributed by atoms with Gasteiger partial charge in [-0.05, 0) is 37.7 Å². The van der Waals surface area contributed by atoms with E-state index in [9.17, 15) is 13.2 Å². The van der Waals surface area contributed by atoms with Crippen LogP contribution in [0.1, 0.15) is 18.9 Å². The highest BCUT2D eigenvalue weighted by Crippen LogP contribution is 2.10. The van der Waals surface area contributed by atoms with Gasteiger partial charge in [-0.1, -0.05) is 12.1 Å². The molecule has 1 aromatic carbocycles. The number of rotatable bonds is 8. The van der Waals surface area contributed by atoms with Crippen molar-refractivity contribution in [3.05, 3.63) is 29.8 Å². The molecular formula is C13H21N3O3S. The van der Waals surface area contributed by atoms with Gasteiger partial charge in [0.05, 0.1) is 4.90 Å². The van der Waals surface area contributed by atoms with Crippen LogP contribution in [-0.2, 0) is 21.4 Å². The first-order valence-electron chi connectivity index (χ1n) is 6.43. The third-order valence-corrected chi connectivity index (χ3v) is 4.15. The van der Waals surface area contributed by atoms with E-state index in [1.165, 1.54) is 19.1 Å². The third-order valence-electron chi connectivity index (χ3n) is 2.67. The van der Waals surface area contributed by atoms with E-state index < -0.39 is 10.0 Å². The zero-order valence-electron chi connectivity index (χ0n) is 11.8. The van der Waals surface area contributed by atoms with Crippen molar-refractivity contribution in [1.29, 1.82) is 0 Å². The summed E-state index contributed by atoms with van der Waals surface area (Å²) in [5, 5.41) is 5.61. The molecule has 0 aliphatic rings. The summed E-state index contributed by atoms with van der Waals surface area (Å²) >= 11 is 0. The van der Waals surface area contributed by atoms with Crippen LogP contribution in [0.4, 0.5) is 0 Å². The number of hydrogen-bond acceptors (Lipinski definition) is 4. The second-order valence-corrected chi connectivity index (χ2v) is 6.18. The summed E-state index contributed by atoms with van der Waals surface area (Å²) in [6.07, 6.45) is 0.732. The maximum absolute atomic E-state index is 12.0. The Labute approximate surface area is 120 Å². The lowest BCUT2D eigenvalue weighted by molar-refractivity contribution is -0.119. The van der Waals surface area contributed by atoms with Crippen molar-refractivity contribution in [3.8, 4) is 0 Å². The van der Waals surface area contributed by atoms with Gasteiger partial charge in [0.2, 0.25) is 15.9 Å². The molecule has 0 radical (unpaired) electrons. The van der Waals surface area contributed by atoms with E-state index >= 15 is 0 Å². The molecule has 0 aliphatic carbocycles. The molecule has 0 saturated heterocycles. The lowest BCUT2D eigenvalue weighted by atomic mass is 10.2. The molecule has 112 valence electrons. The second kappa shape index (κ2) is 7.98. The fourth-order valence-corrected chi connectivity index (χ4v) is 2.64. The van der Waals surface area contributed by atoms with Crippen LogP contribution in [0.25, 0.3) is 0 Å². The highest BCUT2D eigenvalue weighted by Gasteiger charge is 2.12. The average molecular weight is 299 g/mol. The van der Waals surface area contributed by atoms with Crippen LogP contribution < -0.4 is 15.4 Å². The standard InChI is InChI=1S/C13H21N3O3S/c1-11(17)15-10-12-4-6-13(7-5-12)20(18,19)16-9-3-8-14-2/h4-7,14,16H,3,8-10H2,1-2H3,(H,15,17). The third kappa shape index (κ3) is 5.68. The van der Waals surface area contributed by atoms with Gasteiger partial charge < -0.3 is 10.6 Å². The summed E-state index contributed by atoms with van der Waals surface area (Å²) in [6.45, 7) is 2.99. The normalized spacial score (nSPS) is 11.3. The number of sulfonamides is 1. The summed E-state index contributed by atoms with van der Waals surface area (Å²) in [5.41, 5.74) is 0.856. The van der Waals surface area contributed by atoms with Crippen LogP contribution in [0, 0.1) is 0 Å². The smallest absolute Gasteiger partial charge is 0.240 e. The lowest BCUT2D eigenvalue weighted by Crippen LogP contribution is -2.26. The topological polar surface area (TPSA) is 87.3 Å². The Kier molecular flexibility index (Phi) is 6.63. The largest absolute Gasteiger partial charge is 0.352 e. The van der Waals surface area contributed by atoms with Crippen molar-refractivity contribution >= 4 is 15.9 Å².